The molecule has 0 aliphatic heterocycles. The van der Waals surface area contributed by atoms with E-state index in [0.29, 0.717) is 0 Å². The Morgan fingerprint density at radius 1 is 1.75 bits per heavy atom. The Bertz CT molecular complexity index is 13.5. The molecule has 0 aromatic rings. The maximum Gasteiger partial charge on any atom is 0 e. The summed E-state index contributed by atoms with van der Waals surface area (Å²) < 4.78 is 3.22. The summed E-state index contributed by atoms with van der Waals surface area (Å²) in [5.74, 6) is 0. The van der Waals surface area contributed by atoms with Gasteiger partial charge in [0.25, 0.3) is 0 Å². The molecule has 4 heteroatoms. The van der Waals surface area contributed by atoms with Crippen LogP contribution < -0.4 is 0 Å². The molecular formula is H3NP2U. The van der Waals surface area contributed by atoms with Gasteiger partial charge in [-0.2, -0.15) is 0 Å². The first kappa shape index (κ1) is 9.13. The van der Waals surface area contributed by atoms with E-state index in [1.54, 1.807) is 0 Å². The monoisotopic (exact) mass is 317 g/mol. The summed E-state index contributed by atoms with van der Waals surface area (Å²) in [5.41, 5.74) is 0. The zero-order valence-electron chi connectivity index (χ0n) is 2.02. The van der Waals surface area contributed by atoms with Crippen LogP contribution in [0.5, 0.6) is 0 Å². The molecule has 0 N–H and O–H groups in total. The van der Waals surface area contributed by atoms with E-state index < -0.39 is 0 Å². The molecule has 22 valence electrons. The third-order valence-corrected chi connectivity index (χ3v) is 0. The van der Waals surface area contributed by atoms with Crippen molar-refractivity contribution in [2.45, 2.75) is 0 Å². The molecule has 0 heterocycles. The molecule has 1 unspecified atom stereocenters. The van der Waals surface area contributed by atoms with Crippen LogP contribution in [0.4, 0.5) is 0 Å². The van der Waals surface area contributed by atoms with E-state index in [4.69, 9.17) is 0 Å². The first-order valence-electron chi connectivity index (χ1n) is 0.482. The Labute approximate surface area is 53.9 Å². The van der Waals surface area contributed by atoms with Crippen LogP contribution in [0, 0.1) is 31.1 Å². The number of rotatable bonds is 0. The molecule has 0 radical (unpaired) electrons. The van der Waals surface area contributed by atoms with Crippen LogP contribution >= 0.6 is 18.4 Å². The van der Waals surface area contributed by atoms with E-state index in [1.807, 2.05) is 0 Å². The van der Waals surface area contributed by atoms with Crippen molar-refractivity contribution in [1.29, 1.82) is 0 Å². The second-order valence-corrected chi connectivity index (χ2v) is 1.16. The van der Waals surface area contributed by atoms with Crippen LogP contribution in [-0.4, -0.2) is 0 Å². The molecule has 0 amide bonds. The summed E-state index contributed by atoms with van der Waals surface area (Å²) in [6, 6.07) is 0. The zero-order valence-corrected chi connectivity index (χ0v) is 8.34. The van der Waals surface area contributed by atoms with Gasteiger partial charge < -0.3 is 0 Å². The van der Waals surface area contributed by atoms with Crippen molar-refractivity contribution < 1.29 is 31.1 Å². The van der Waals surface area contributed by atoms with E-state index in [9.17, 15) is 0 Å². The molecule has 0 rings (SSSR count). The third kappa shape index (κ3) is 9.54. The summed E-state index contributed by atoms with van der Waals surface area (Å²) in [7, 11) is 4.89. The van der Waals surface area contributed by atoms with Gasteiger partial charge in [-0.15, -0.1) is 0 Å². The average molecular weight is 317 g/mol. The van der Waals surface area contributed by atoms with Crippen molar-refractivity contribution in [3.8, 4) is 0 Å². The fraction of sp³-hybridized carbons (Fsp3) is 0. The van der Waals surface area contributed by atoms with Crippen molar-refractivity contribution in [2.24, 2.45) is 4.52 Å². The molecule has 0 aromatic heterocycles. The predicted molar refractivity (Wildman–Crippen MR) is 20.5 cm³/mol. The van der Waals surface area contributed by atoms with Gasteiger partial charge in [-0.05, 0) is 18.4 Å². The smallest absolute Gasteiger partial charge is 0 e. The summed E-state index contributed by atoms with van der Waals surface area (Å²) in [6.07, 6.45) is 0. The van der Waals surface area contributed by atoms with E-state index in [2.05, 4.69) is 22.9 Å². The minimum atomic E-state index is 0. The molecule has 0 saturated heterocycles. The molecule has 0 bridgehead atoms. The van der Waals surface area contributed by atoms with Gasteiger partial charge in [0.15, 0.2) is 0 Å². The first-order valence-corrected chi connectivity index (χ1v) is 1.45. The number of hydrogen-bond donors (Lipinski definition) is 0. The molecule has 1 nitrogen and oxygen atoms in total. The fourth-order valence-corrected chi connectivity index (χ4v) is 0. The molecule has 0 aliphatic rings. The van der Waals surface area contributed by atoms with Gasteiger partial charge in [-0.3, -0.25) is 4.52 Å². The summed E-state index contributed by atoms with van der Waals surface area (Å²) in [4.78, 5) is 0. The van der Waals surface area contributed by atoms with Crippen LogP contribution in [0.2, 0.25) is 0 Å². The Morgan fingerprint density at radius 2 is 1.75 bits per heavy atom. The molecule has 1 atom stereocenters. The standard InChI is InChI=1S/H3NP2.U/c2-1-3;/h2H,3H2;. The van der Waals surface area contributed by atoms with Crippen molar-refractivity contribution in [2.75, 3.05) is 0 Å². The van der Waals surface area contributed by atoms with E-state index in [1.165, 1.54) is 0 Å². The van der Waals surface area contributed by atoms with E-state index in [-0.39, 0.29) is 31.1 Å². The van der Waals surface area contributed by atoms with Gasteiger partial charge in [0.2, 0.25) is 0 Å². The van der Waals surface area contributed by atoms with E-state index >= 15 is 0 Å². The van der Waals surface area contributed by atoms with Crippen LogP contribution in [0.1, 0.15) is 0 Å². The van der Waals surface area contributed by atoms with Crippen molar-refractivity contribution in [3.63, 3.8) is 0 Å². The van der Waals surface area contributed by atoms with Gasteiger partial charge in [0.1, 0.15) is 0 Å². The van der Waals surface area contributed by atoms with Crippen LogP contribution in [0.3, 0.4) is 0 Å². The van der Waals surface area contributed by atoms with Crippen LogP contribution in [0.15, 0.2) is 4.52 Å². The largest absolute Gasteiger partial charge is 0.255 e. The van der Waals surface area contributed by atoms with Gasteiger partial charge in [-0.25, -0.2) is 0 Å². The molecule has 0 aromatic carbocycles. The first-order chi connectivity index (χ1) is 1.41. The molecule has 0 saturated carbocycles. The molecule has 4 heavy (non-hydrogen) atoms. The van der Waals surface area contributed by atoms with Crippen LogP contribution in [-0.2, 0) is 0 Å². The average Bonchev–Trinajstić information content (AvgIpc) is 0.918. The Kier molecular flexibility index (Phi) is 20.1. The number of hydrogen-bond acceptors (Lipinski definition) is 1. The van der Waals surface area contributed by atoms with Gasteiger partial charge in [0.05, 0.1) is 0 Å². The molecule has 0 aliphatic carbocycles. The maximum absolute atomic E-state index is 3.22. The Balaban J connectivity index is 0. The Hall–Kier alpha value is 1.58. The van der Waals surface area contributed by atoms with Gasteiger partial charge in [-0.1, -0.05) is 0 Å². The fourth-order valence-electron chi connectivity index (χ4n) is 0. The minimum Gasteiger partial charge on any atom is -0.255 e. The summed E-state index contributed by atoms with van der Waals surface area (Å²) in [5, 5.41) is 0. The van der Waals surface area contributed by atoms with Gasteiger partial charge >= 0.3 is 0 Å². The number of nitrogens with zero attached hydrogens (tertiary/aromatic N) is 1. The summed E-state index contributed by atoms with van der Waals surface area (Å²) in [6.45, 7) is 0. The van der Waals surface area contributed by atoms with Crippen molar-refractivity contribution in [3.05, 3.63) is 0 Å². The molecule has 0 spiro atoms. The van der Waals surface area contributed by atoms with Crippen molar-refractivity contribution in [1.82, 2.24) is 0 Å². The van der Waals surface area contributed by atoms with Gasteiger partial charge in [0, 0.05) is 31.1 Å². The summed E-state index contributed by atoms with van der Waals surface area (Å²) >= 11 is 0. The predicted octanol–water partition coefficient (Wildman–Crippen LogP) is 1.10. The topological polar surface area (TPSA) is 12.4 Å². The van der Waals surface area contributed by atoms with Crippen molar-refractivity contribution >= 4 is 18.4 Å². The maximum atomic E-state index is 3.22. The Morgan fingerprint density at radius 3 is 1.75 bits per heavy atom. The SMILES string of the molecule is P=NP.[U]. The second-order valence-electron chi connectivity index (χ2n) is 0.129. The third-order valence-electron chi connectivity index (χ3n) is 0. The zero-order chi connectivity index (χ0) is 2.71. The molecular weight excluding hydrogens is 314 g/mol. The van der Waals surface area contributed by atoms with Crippen LogP contribution in [0.25, 0.3) is 0 Å². The quantitative estimate of drug-likeness (QED) is 0.594. The normalized spacial score (nSPS) is 3.25. The second kappa shape index (κ2) is 8.82. The molecule has 0 fully saturated rings. The van der Waals surface area contributed by atoms with E-state index in [0.717, 1.165) is 0 Å². The minimum absolute atomic E-state index is 0.